The van der Waals surface area contributed by atoms with E-state index in [9.17, 15) is 4.79 Å². The van der Waals surface area contributed by atoms with Crippen molar-refractivity contribution < 1.29 is 4.79 Å². The molecule has 0 bridgehead atoms. The van der Waals surface area contributed by atoms with Crippen LogP contribution in [0.3, 0.4) is 0 Å². The molecule has 2 rings (SSSR count). The second-order valence-electron chi connectivity index (χ2n) is 6.45. The average Bonchev–Trinajstić information content (AvgIpc) is 3.06. The van der Waals surface area contributed by atoms with Crippen LogP contribution in [0.1, 0.15) is 36.8 Å². The maximum absolute atomic E-state index is 12.4. The van der Waals surface area contributed by atoms with E-state index in [4.69, 9.17) is 0 Å². The molecule has 1 aromatic rings. The molecule has 0 aromatic heterocycles. The molecule has 0 unspecified atom stereocenters. The monoisotopic (exact) mass is 342 g/mol. The Balaban J connectivity index is 1.67. The maximum Gasteiger partial charge on any atom is 0.223 e. The number of hydrogen-bond donors (Lipinski definition) is 1. The van der Waals surface area contributed by atoms with Crippen molar-refractivity contribution in [2.24, 2.45) is 4.99 Å². The minimum absolute atomic E-state index is 0.229. The zero-order valence-corrected chi connectivity index (χ0v) is 15.5. The lowest BCUT2D eigenvalue weighted by Gasteiger charge is -2.22. The fraction of sp³-hybridized carbons (Fsp3) is 0.500. The predicted molar refractivity (Wildman–Crippen MR) is 103 cm³/mol. The first-order valence-corrected chi connectivity index (χ1v) is 9.03. The van der Waals surface area contributed by atoms with Crippen molar-refractivity contribution in [3.8, 4) is 0 Å². The van der Waals surface area contributed by atoms with Gasteiger partial charge in [-0.15, -0.1) is 6.58 Å². The van der Waals surface area contributed by atoms with Gasteiger partial charge in [0.25, 0.3) is 0 Å². The first-order valence-electron chi connectivity index (χ1n) is 9.03. The van der Waals surface area contributed by atoms with E-state index < -0.39 is 0 Å². The van der Waals surface area contributed by atoms with Crippen LogP contribution in [0.15, 0.2) is 41.9 Å². The lowest BCUT2D eigenvalue weighted by molar-refractivity contribution is -0.131. The molecule has 1 aliphatic rings. The Hall–Kier alpha value is -2.30. The zero-order valence-electron chi connectivity index (χ0n) is 15.5. The molecule has 1 aliphatic heterocycles. The molecule has 1 aromatic carbocycles. The third kappa shape index (κ3) is 5.62. The second-order valence-corrected chi connectivity index (χ2v) is 6.45. The normalized spacial score (nSPS) is 13.5. The highest BCUT2D eigenvalue weighted by Crippen LogP contribution is 2.22. The van der Waals surface area contributed by atoms with E-state index in [1.54, 1.807) is 7.05 Å². The number of unbranched alkanes of at least 4 members (excludes halogenated alkanes) is 1. The van der Waals surface area contributed by atoms with Gasteiger partial charge in [-0.1, -0.05) is 30.3 Å². The van der Waals surface area contributed by atoms with Gasteiger partial charge in [-0.25, -0.2) is 0 Å². The number of benzene rings is 1. The van der Waals surface area contributed by atoms with E-state index in [0.29, 0.717) is 6.42 Å². The topological polar surface area (TPSA) is 47.9 Å². The number of carbonyl (C=O) groups is 1. The lowest BCUT2D eigenvalue weighted by atomic mass is 10.1. The van der Waals surface area contributed by atoms with Crippen LogP contribution in [0.5, 0.6) is 0 Å². The number of nitrogens with one attached hydrogen (secondary N) is 1. The number of rotatable bonds is 8. The number of hydrogen-bond acceptors (Lipinski definition) is 2. The van der Waals surface area contributed by atoms with Gasteiger partial charge in [0.15, 0.2) is 5.96 Å². The zero-order chi connectivity index (χ0) is 18.1. The standard InChI is InChI=1S/C20H30N4O/c1-4-5-8-14-23(3)20(21-2)22-13-9-12-19(25)24-15-17-10-6-7-11-18(17)16-24/h4,6-7,10-11H,1,5,8-9,12-16H2,2-3H3,(H,21,22). The van der Waals surface area contributed by atoms with Crippen molar-refractivity contribution in [3.05, 3.63) is 48.0 Å². The second kappa shape index (κ2) is 9.87. The van der Waals surface area contributed by atoms with E-state index in [0.717, 1.165) is 51.4 Å². The van der Waals surface area contributed by atoms with E-state index in [1.165, 1.54) is 11.1 Å². The SMILES string of the molecule is C=CCCCN(C)C(=NC)NCCCC(=O)N1Cc2ccccc2C1. The molecule has 5 nitrogen and oxygen atoms in total. The molecule has 0 spiro atoms. The summed E-state index contributed by atoms with van der Waals surface area (Å²) in [6, 6.07) is 8.29. The van der Waals surface area contributed by atoms with Crippen LogP contribution in [0.25, 0.3) is 0 Å². The Kier molecular flexibility index (Phi) is 7.51. The highest BCUT2D eigenvalue weighted by atomic mass is 16.2. The van der Waals surface area contributed by atoms with Crippen molar-refractivity contribution >= 4 is 11.9 Å². The number of guanidine groups is 1. The smallest absolute Gasteiger partial charge is 0.223 e. The highest BCUT2D eigenvalue weighted by Gasteiger charge is 2.22. The summed E-state index contributed by atoms with van der Waals surface area (Å²) < 4.78 is 0. The molecule has 5 heteroatoms. The van der Waals surface area contributed by atoms with Gasteiger partial charge >= 0.3 is 0 Å². The predicted octanol–water partition coefficient (Wildman–Crippen LogP) is 2.78. The van der Waals surface area contributed by atoms with Crippen LogP contribution in [-0.4, -0.2) is 48.9 Å². The molecule has 0 fully saturated rings. The summed E-state index contributed by atoms with van der Waals surface area (Å²) >= 11 is 0. The van der Waals surface area contributed by atoms with Gasteiger partial charge in [-0.05, 0) is 30.4 Å². The number of carbonyl (C=O) groups excluding carboxylic acids is 1. The molecule has 0 aliphatic carbocycles. The van der Waals surface area contributed by atoms with E-state index in [1.807, 2.05) is 30.2 Å². The summed E-state index contributed by atoms with van der Waals surface area (Å²) in [6.07, 6.45) is 5.39. The van der Waals surface area contributed by atoms with Gasteiger partial charge in [0.2, 0.25) is 5.91 Å². The molecule has 1 amide bonds. The fourth-order valence-corrected chi connectivity index (χ4v) is 3.07. The van der Waals surface area contributed by atoms with Crippen LogP contribution < -0.4 is 5.32 Å². The van der Waals surface area contributed by atoms with Crippen molar-refractivity contribution in [2.45, 2.75) is 38.8 Å². The molecule has 136 valence electrons. The van der Waals surface area contributed by atoms with Gasteiger partial charge in [0.05, 0.1) is 0 Å². The largest absolute Gasteiger partial charge is 0.356 e. The van der Waals surface area contributed by atoms with Crippen LogP contribution in [0, 0.1) is 0 Å². The Morgan fingerprint density at radius 3 is 2.60 bits per heavy atom. The quantitative estimate of drug-likeness (QED) is 0.342. The summed E-state index contributed by atoms with van der Waals surface area (Å²) in [6.45, 7) is 6.93. The van der Waals surface area contributed by atoms with E-state index in [2.05, 4.69) is 33.9 Å². The summed E-state index contributed by atoms with van der Waals surface area (Å²) in [4.78, 5) is 20.7. The first kappa shape index (κ1) is 19.0. The van der Waals surface area contributed by atoms with Crippen molar-refractivity contribution in [1.29, 1.82) is 0 Å². The Morgan fingerprint density at radius 2 is 2.00 bits per heavy atom. The van der Waals surface area contributed by atoms with Gasteiger partial charge in [0.1, 0.15) is 0 Å². The van der Waals surface area contributed by atoms with Crippen LogP contribution in [-0.2, 0) is 17.9 Å². The molecule has 0 radical (unpaired) electrons. The van der Waals surface area contributed by atoms with Crippen molar-refractivity contribution in [3.63, 3.8) is 0 Å². The number of allylic oxidation sites excluding steroid dienone is 1. The van der Waals surface area contributed by atoms with Crippen LogP contribution in [0.4, 0.5) is 0 Å². The molecule has 25 heavy (non-hydrogen) atoms. The third-order valence-corrected chi connectivity index (χ3v) is 4.52. The van der Waals surface area contributed by atoms with Crippen LogP contribution in [0.2, 0.25) is 0 Å². The third-order valence-electron chi connectivity index (χ3n) is 4.52. The number of nitrogens with zero attached hydrogens (tertiary/aromatic N) is 3. The average molecular weight is 342 g/mol. The molecular formula is C20H30N4O. The van der Waals surface area contributed by atoms with Crippen molar-refractivity contribution in [2.75, 3.05) is 27.2 Å². The van der Waals surface area contributed by atoms with Gasteiger partial charge in [0, 0.05) is 46.7 Å². The summed E-state index contributed by atoms with van der Waals surface area (Å²) in [5, 5.41) is 3.34. The molecule has 1 heterocycles. The van der Waals surface area contributed by atoms with Gasteiger partial charge < -0.3 is 15.1 Å². The number of amides is 1. The Bertz CT molecular complexity index is 586. The number of fused-ring (bicyclic) bond motifs is 1. The molecule has 0 saturated carbocycles. The molecule has 1 N–H and O–H groups in total. The minimum atomic E-state index is 0.229. The van der Waals surface area contributed by atoms with Gasteiger partial charge in [-0.2, -0.15) is 0 Å². The summed E-state index contributed by atoms with van der Waals surface area (Å²) in [5.74, 6) is 1.11. The van der Waals surface area contributed by atoms with Crippen molar-refractivity contribution in [1.82, 2.24) is 15.1 Å². The first-order chi connectivity index (χ1) is 12.2. The Morgan fingerprint density at radius 1 is 1.32 bits per heavy atom. The molecule has 0 atom stereocenters. The lowest BCUT2D eigenvalue weighted by Crippen LogP contribution is -2.40. The summed E-state index contributed by atoms with van der Waals surface area (Å²) in [5.41, 5.74) is 2.55. The number of aliphatic imine (C=N–C) groups is 1. The van der Waals surface area contributed by atoms with E-state index >= 15 is 0 Å². The van der Waals surface area contributed by atoms with Crippen LogP contribution >= 0.6 is 0 Å². The van der Waals surface area contributed by atoms with E-state index in [-0.39, 0.29) is 5.91 Å². The highest BCUT2D eigenvalue weighted by molar-refractivity contribution is 5.80. The maximum atomic E-state index is 12.4. The Labute approximate surface area is 151 Å². The fourth-order valence-electron chi connectivity index (χ4n) is 3.07. The van der Waals surface area contributed by atoms with Gasteiger partial charge in [-0.3, -0.25) is 9.79 Å². The minimum Gasteiger partial charge on any atom is -0.356 e. The molecule has 0 saturated heterocycles. The molecular weight excluding hydrogens is 312 g/mol. The summed E-state index contributed by atoms with van der Waals surface area (Å²) in [7, 11) is 3.82.